The summed E-state index contributed by atoms with van der Waals surface area (Å²) in [6, 6.07) is 8.59. The molecular weight excluding hydrogens is 148 g/mol. The van der Waals surface area contributed by atoms with Gasteiger partial charge in [0.1, 0.15) is 0 Å². The van der Waals surface area contributed by atoms with Crippen LogP contribution in [0.1, 0.15) is 30.6 Å². The zero-order chi connectivity index (χ0) is 8.39. The second kappa shape index (κ2) is 3.28. The summed E-state index contributed by atoms with van der Waals surface area (Å²) in [6.45, 7) is 3.06. The molecule has 0 aliphatic carbocycles. The fourth-order valence-electron chi connectivity index (χ4n) is 1.81. The first-order valence-corrected chi connectivity index (χ1v) is 4.61. The van der Waals surface area contributed by atoms with Gasteiger partial charge in [-0.05, 0) is 24.0 Å². The number of fused-ring (bicyclic) bond motifs is 1. The Bertz CT molecular complexity index is 267. The van der Waals surface area contributed by atoms with Crippen LogP contribution in [0.15, 0.2) is 24.3 Å². The molecule has 0 bridgehead atoms. The van der Waals surface area contributed by atoms with Crippen molar-refractivity contribution in [1.29, 1.82) is 0 Å². The molecule has 1 aromatic rings. The molecule has 1 atom stereocenters. The zero-order valence-corrected chi connectivity index (χ0v) is 7.42. The van der Waals surface area contributed by atoms with Crippen molar-refractivity contribution in [2.24, 2.45) is 0 Å². The molecular formula is C11H14O. The summed E-state index contributed by atoms with van der Waals surface area (Å²) < 4.78 is 5.65. The monoisotopic (exact) mass is 162 g/mol. The molecule has 1 heteroatoms. The first kappa shape index (κ1) is 7.81. The molecule has 0 radical (unpaired) electrons. The fraction of sp³-hybridized carbons (Fsp3) is 0.455. The van der Waals surface area contributed by atoms with Crippen LogP contribution < -0.4 is 0 Å². The minimum absolute atomic E-state index is 0.343. The third-order valence-electron chi connectivity index (χ3n) is 2.46. The quantitative estimate of drug-likeness (QED) is 0.617. The molecule has 0 saturated carbocycles. The van der Waals surface area contributed by atoms with Gasteiger partial charge in [0, 0.05) is 0 Å². The summed E-state index contributed by atoms with van der Waals surface area (Å²) in [4.78, 5) is 0. The summed E-state index contributed by atoms with van der Waals surface area (Å²) in [5, 5.41) is 0. The lowest BCUT2D eigenvalue weighted by Crippen LogP contribution is -2.15. The molecule has 0 fully saturated rings. The lowest BCUT2D eigenvalue weighted by Gasteiger charge is -2.24. The number of ether oxygens (including phenoxy) is 1. The molecule has 1 aliphatic heterocycles. The van der Waals surface area contributed by atoms with Gasteiger partial charge in [-0.2, -0.15) is 0 Å². The van der Waals surface area contributed by atoms with E-state index in [0.717, 1.165) is 19.4 Å². The van der Waals surface area contributed by atoms with Crippen LogP contribution in [0.4, 0.5) is 0 Å². The van der Waals surface area contributed by atoms with Crippen molar-refractivity contribution in [3.63, 3.8) is 0 Å². The van der Waals surface area contributed by atoms with Crippen LogP contribution in [0.3, 0.4) is 0 Å². The van der Waals surface area contributed by atoms with E-state index in [0.29, 0.717) is 6.10 Å². The molecule has 0 N–H and O–H groups in total. The SMILES string of the molecule is CC[C@@H]1OCCc2ccccc21. The molecule has 1 nitrogen and oxygen atoms in total. The van der Waals surface area contributed by atoms with Gasteiger partial charge >= 0.3 is 0 Å². The van der Waals surface area contributed by atoms with Crippen molar-refractivity contribution in [3.05, 3.63) is 35.4 Å². The van der Waals surface area contributed by atoms with Crippen LogP contribution in [-0.2, 0) is 11.2 Å². The summed E-state index contributed by atoms with van der Waals surface area (Å²) in [5.41, 5.74) is 2.86. The summed E-state index contributed by atoms with van der Waals surface area (Å²) >= 11 is 0. The van der Waals surface area contributed by atoms with E-state index in [9.17, 15) is 0 Å². The molecule has 64 valence electrons. The highest BCUT2D eigenvalue weighted by Crippen LogP contribution is 2.28. The normalized spacial score (nSPS) is 21.9. The molecule has 2 rings (SSSR count). The van der Waals surface area contributed by atoms with Gasteiger partial charge in [-0.15, -0.1) is 0 Å². The molecule has 0 aromatic heterocycles. The zero-order valence-electron chi connectivity index (χ0n) is 7.42. The molecule has 1 aliphatic rings. The summed E-state index contributed by atoms with van der Waals surface area (Å²) in [7, 11) is 0. The van der Waals surface area contributed by atoms with E-state index in [2.05, 4.69) is 31.2 Å². The van der Waals surface area contributed by atoms with Gasteiger partial charge in [0.15, 0.2) is 0 Å². The Balaban J connectivity index is 2.37. The second-order valence-electron chi connectivity index (χ2n) is 3.22. The Hall–Kier alpha value is -0.820. The Kier molecular flexibility index (Phi) is 2.13. The van der Waals surface area contributed by atoms with E-state index in [1.54, 1.807) is 0 Å². The molecule has 1 heterocycles. The van der Waals surface area contributed by atoms with Crippen molar-refractivity contribution in [1.82, 2.24) is 0 Å². The van der Waals surface area contributed by atoms with Gasteiger partial charge in [-0.25, -0.2) is 0 Å². The van der Waals surface area contributed by atoms with Crippen LogP contribution in [0.25, 0.3) is 0 Å². The van der Waals surface area contributed by atoms with Crippen molar-refractivity contribution < 1.29 is 4.74 Å². The van der Waals surface area contributed by atoms with Crippen molar-refractivity contribution >= 4 is 0 Å². The van der Waals surface area contributed by atoms with Gasteiger partial charge in [0.05, 0.1) is 12.7 Å². The number of hydrogen-bond acceptors (Lipinski definition) is 1. The Morgan fingerprint density at radius 2 is 2.25 bits per heavy atom. The van der Waals surface area contributed by atoms with E-state index < -0.39 is 0 Å². The van der Waals surface area contributed by atoms with Crippen molar-refractivity contribution in [3.8, 4) is 0 Å². The summed E-state index contributed by atoms with van der Waals surface area (Å²) in [6.07, 6.45) is 2.50. The highest BCUT2D eigenvalue weighted by Gasteiger charge is 2.17. The Morgan fingerprint density at radius 3 is 3.08 bits per heavy atom. The summed E-state index contributed by atoms with van der Waals surface area (Å²) in [5.74, 6) is 0. The first-order valence-electron chi connectivity index (χ1n) is 4.61. The number of hydrogen-bond donors (Lipinski definition) is 0. The van der Waals surface area contributed by atoms with E-state index in [-0.39, 0.29) is 0 Å². The Labute approximate surface area is 73.4 Å². The van der Waals surface area contributed by atoms with Crippen LogP contribution >= 0.6 is 0 Å². The molecule has 12 heavy (non-hydrogen) atoms. The molecule has 0 saturated heterocycles. The van der Waals surface area contributed by atoms with E-state index in [4.69, 9.17) is 4.74 Å². The van der Waals surface area contributed by atoms with Gasteiger partial charge in [-0.1, -0.05) is 31.2 Å². The highest BCUT2D eigenvalue weighted by molar-refractivity contribution is 5.30. The average Bonchev–Trinajstić information content (AvgIpc) is 2.17. The van der Waals surface area contributed by atoms with Gasteiger partial charge in [0.2, 0.25) is 0 Å². The Morgan fingerprint density at radius 1 is 1.42 bits per heavy atom. The van der Waals surface area contributed by atoms with E-state index in [1.165, 1.54) is 11.1 Å². The van der Waals surface area contributed by atoms with Gasteiger partial charge < -0.3 is 4.74 Å². The predicted octanol–water partition coefficient (Wildman–Crippen LogP) is 2.71. The fourth-order valence-corrected chi connectivity index (χ4v) is 1.81. The van der Waals surface area contributed by atoms with Crippen molar-refractivity contribution in [2.45, 2.75) is 25.9 Å². The lowest BCUT2D eigenvalue weighted by atomic mass is 9.96. The number of benzene rings is 1. The third kappa shape index (κ3) is 1.25. The first-order chi connectivity index (χ1) is 5.92. The number of rotatable bonds is 1. The molecule has 0 amide bonds. The topological polar surface area (TPSA) is 9.23 Å². The smallest absolute Gasteiger partial charge is 0.0825 e. The largest absolute Gasteiger partial charge is 0.373 e. The molecule has 0 unspecified atom stereocenters. The van der Waals surface area contributed by atoms with Crippen LogP contribution in [-0.4, -0.2) is 6.61 Å². The maximum atomic E-state index is 5.65. The van der Waals surface area contributed by atoms with E-state index in [1.807, 2.05) is 0 Å². The minimum atomic E-state index is 0.343. The molecule has 1 aromatic carbocycles. The third-order valence-corrected chi connectivity index (χ3v) is 2.46. The van der Waals surface area contributed by atoms with Crippen LogP contribution in [0.5, 0.6) is 0 Å². The van der Waals surface area contributed by atoms with Gasteiger partial charge in [0.25, 0.3) is 0 Å². The van der Waals surface area contributed by atoms with Gasteiger partial charge in [-0.3, -0.25) is 0 Å². The van der Waals surface area contributed by atoms with E-state index >= 15 is 0 Å². The highest BCUT2D eigenvalue weighted by atomic mass is 16.5. The minimum Gasteiger partial charge on any atom is -0.373 e. The maximum Gasteiger partial charge on any atom is 0.0825 e. The van der Waals surface area contributed by atoms with Crippen molar-refractivity contribution in [2.75, 3.05) is 6.61 Å². The second-order valence-corrected chi connectivity index (χ2v) is 3.22. The van der Waals surface area contributed by atoms with Crippen LogP contribution in [0, 0.1) is 0 Å². The average molecular weight is 162 g/mol. The predicted molar refractivity (Wildman–Crippen MR) is 49.1 cm³/mol. The van der Waals surface area contributed by atoms with Crippen LogP contribution in [0.2, 0.25) is 0 Å². The standard InChI is InChI=1S/C11H14O/c1-2-11-10-6-4-3-5-9(10)7-8-12-11/h3-6,11H,2,7-8H2,1H3/t11-/m0/s1. The molecule has 0 spiro atoms. The lowest BCUT2D eigenvalue weighted by molar-refractivity contribution is 0.0399. The maximum absolute atomic E-state index is 5.65.